The lowest BCUT2D eigenvalue weighted by Crippen LogP contribution is -2.42. The monoisotopic (exact) mass is 276 g/mol. The zero-order valence-electron chi connectivity index (χ0n) is 13.4. The van der Waals surface area contributed by atoms with Crippen LogP contribution < -0.4 is 5.73 Å². The first kappa shape index (κ1) is 16.5. The first-order valence-corrected chi connectivity index (χ1v) is 7.57. The molecule has 0 aromatic heterocycles. The van der Waals surface area contributed by atoms with E-state index in [1.54, 1.807) is 0 Å². The summed E-state index contributed by atoms with van der Waals surface area (Å²) in [6.07, 6.45) is 1.95. The van der Waals surface area contributed by atoms with Crippen LogP contribution in [0.1, 0.15) is 56.5 Å². The Kier molecular flexibility index (Phi) is 6.05. The van der Waals surface area contributed by atoms with Crippen LogP contribution in [0.4, 0.5) is 5.69 Å². The number of hydrogen-bond acceptors (Lipinski definition) is 2. The third kappa shape index (κ3) is 3.99. The predicted octanol–water partition coefficient (Wildman–Crippen LogP) is 3.86. The summed E-state index contributed by atoms with van der Waals surface area (Å²) in [7, 11) is 0. The van der Waals surface area contributed by atoms with Gasteiger partial charge in [-0.05, 0) is 43.4 Å². The lowest BCUT2D eigenvalue weighted by Gasteiger charge is -2.32. The third-order valence-electron chi connectivity index (χ3n) is 3.64. The highest BCUT2D eigenvalue weighted by atomic mass is 16.2. The van der Waals surface area contributed by atoms with Gasteiger partial charge in [-0.15, -0.1) is 0 Å². The summed E-state index contributed by atoms with van der Waals surface area (Å²) >= 11 is 0. The molecule has 0 saturated carbocycles. The molecule has 3 nitrogen and oxygen atoms in total. The average Bonchev–Trinajstić information content (AvgIpc) is 2.37. The van der Waals surface area contributed by atoms with Crippen molar-refractivity contribution in [2.24, 2.45) is 5.92 Å². The fraction of sp³-hybridized carbons (Fsp3) is 0.588. The molecule has 0 aliphatic heterocycles. The van der Waals surface area contributed by atoms with Gasteiger partial charge in [-0.3, -0.25) is 4.79 Å². The number of rotatable bonds is 6. The molecule has 0 radical (unpaired) electrons. The van der Waals surface area contributed by atoms with Crippen molar-refractivity contribution < 1.29 is 4.79 Å². The molecule has 1 amide bonds. The SMILES string of the molecule is CCC(CC)N(CC(C)C)C(=O)c1ccc(C)cc1N. The van der Waals surface area contributed by atoms with Gasteiger partial charge < -0.3 is 10.6 Å². The Balaban J connectivity index is 3.09. The van der Waals surface area contributed by atoms with Gasteiger partial charge in [-0.2, -0.15) is 0 Å². The quantitative estimate of drug-likeness (QED) is 0.802. The van der Waals surface area contributed by atoms with Crippen molar-refractivity contribution in [3.8, 4) is 0 Å². The molecule has 0 bridgehead atoms. The molecule has 0 saturated heterocycles. The maximum absolute atomic E-state index is 12.8. The fourth-order valence-electron chi connectivity index (χ4n) is 2.55. The molecular formula is C17H28N2O. The van der Waals surface area contributed by atoms with Gasteiger partial charge in [0.15, 0.2) is 0 Å². The van der Waals surface area contributed by atoms with E-state index >= 15 is 0 Å². The van der Waals surface area contributed by atoms with Crippen molar-refractivity contribution in [1.82, 2.24) is 4.90 Å². The van der Waals surface area contributed by atoms with E-state index in [1.165, 1.54) is 0 Å². The summed E-state index contributed by atoms with van der Waals surface area (Å²) in [5.41, 5.74) is 8.31. The molecule has 0 fully saturated rings. The maximum atomic E-state index is 12.8. The number of aryl methyl sites for hydroxylation is 1. The first-order valence-electron chi connectivity index (χ1n) is 7.57. The van der Waals surface area contributed by atoms with E-state index in [0.29, 0.717) is 17.2 Å². The maximum Gasteiger partial charge on any atom is 0.256 e. The molecule has 20 heavy (non-hydrogen) atoms. The van der Waals surface area contributed by atoms with Crippen LogP contribution in [0.15, 0.2) is 18.2 Å². The molecule has 1 aromatic carbocycles. The van der Waals surface area contributed by atoms with Crippen LogP contribution in [0, 0.1) is 12.8 Å². The van der Waals surface area contributed by atoms with Gasteiger partial charge in [0.1, 0.15) is 0 Å². The number of carbonyl (C=O) groups excluding carboxylic acids is 1. The molecule has 0 atom stereocenters. The molecule has 1 rings (SSSR count). The fourth-order valence-corrected chi connectivity index (χ4v) is 2.55. The Morgan fingerprint density at radius 2 is 1.85 bits per heavy atom. The lowest BCUT2D eigenvalue weighted by molar-refractivity contribution is 0.0641. The Labute approximate surface area is 123 Å². The Morgan fingerprint density at radius 1 is 1.25 bits per heavy atom. The second-order valence-corrected chi connectivity index (χ2v) is 5.91. The van der Waals surface area contributed by atoms with Crippen molar-refractivity contribution in [2.45, 2.75) is 53.5 Å². The number of amides is 1. The molecule has 1 aromatic rings. The number of carbonyl (C=O) groups is 1. The van der Waals surface area contributed by atoms with Crippen molar-refractivity contribution in [1.29, 1.82) is 0 Å². The van der Waals surface area contributed by atoms with Gasteiger partial charge in [-0.1, -0.05) is 33.8 Å². The van der Waals surface area contributed by atoms with Crippen molar-refractivity contribution in [3.63, 3.8) is 0 Å². The van der Waals surface area contributed by atoms with Gasteiger partial charge in [-0.25, -0.2) is 0 Å². The van der Waals surface area contributed by atoms with Gasteiger partial charge >= 0.3 is 0 Å². The number of hydrogen-bond donors (Lipinski definition) is 1. The molecule has 0 heterocycles. The standard InChI is InChI=1S/C17H28N2O/c1-6-14(7-2)19(11-12(3)4)17(20)15-9-8-13(5)10-16(15)18/h8-10,12,14H,6-7,11,18H2,1-5H3. The van der Waals surface area contributed by atoms with E-state index < -0.39 is 0 Å². The van der Waals surface area contributed by atoms with Gasteiger partial charge in [0.2, 0.25) is 0 Å². The van der Waals surface area contributed by atoms with Crippen LogP contribution in [-0.4, -0.2) is 23.4 Å². The van der Waals surface area contributed by atoms with Crippen LogP contribution in [0.2, 0.25) is 0 Å². The van der Waals surface area contributed by atoms with Crippen LogP contribution in [-0.2, 0) is 0 Å². The Morgan fingerprint density at radius 3 is 2.30 bits per heavy atom. The molecule has 2 N–H and O–H groups in total. The van der Waals surface area contributed by atoms with Crippen molar-refractivity contribution in [2.75, 3.05) is 12.3 Å². The number of nitrogens with two attached hydrogens (primary N) is 1. The minimum atomic E-state index is 0.0601. The molecule has 0 aliphatic carbocycles. The molecule has 0 unspecified atom stereocenters. The number of nitrogen functional groups attached to an aromatic ring is 1. The van der Waals surface area contributed by atoms with Crippen molar-refractivity contribution >= 4 is 11.6 Å². The molecule has 3 heteroatoms. The highest BCUT2D eigenvalue weighted by molar-refractivity contribution is 5.99. The van der Waals surface area contributed by atoms with Crippen LogP contribution in [0.5, 0.6) is 0 Å². The first-order chi connectivity index (χ1) is 9.40. The van der Waals surface area contributed by atoms with Crippen LogP contribution in [0.25, 0.3) is 0 Å². The van der Waals surface area contributed by atoms with E-state index in [2.05, 4.69) is 27.7 Å². The molecule has 0 spiro atoms. The second-order valence-electron chi connectivity index (χ2n) is 5.91. The van der Waals surface area contributed by atoms with Gasteiger partial charge in [0, 0.05) is 18.3 Å². The minimum absolute atomic E-state index is 0.0601. The lowest BCUT2D eigenvalue weighted by atomic mass is 10.0. The number of benzene rings is 1. The van der Waals surface area contributed by atoms with Crippen molar-refractivity contribution in [3.05, 3.63) is 29.3 Å². The summed E-state index contributed by atoms with van der Waals surface area (Å²) in [5, 5.41) is 0. The minimum Gasteiger partial charge on any atom is -0.398 e. The van der Waals surface area contributed by atoms with E-state index in [0.717, 1.165) is 24.9 Å². The molecule has 0 aliphatic rings. The molecule has 112 valence electrons. The Hall–Kier alpha value is -1.51. The van der Waals surface area contributed by atoms with E-state index in [1.807, 2.05) is 30.0 Å². The third-order valence-corrected chi connectivity index (χ3v) is 3.64. The van der Waals surface area contributed by atoms with E-state index in [-0.39, 0.29) is 11.9 Å². The summed E-state index contributed by atoms with van der Waals surface area (Å²) in [6.45, 7) is 11.3. The second kappa shape index (κ2) is 7.32. The Bertz CT molecular complexity index is 450. The van der Waals surface area contributed by atoms with E-state index in [9.17, 15) is 4.79 Å². The summed E-state index contributed by atoms with van der Waals surface area (Å²) in [6, 6.07) is 5.95. The highest BCUT2D eigenvalue weighted by Crippen LogP contribution is 2.20. The summed E-state index contributed by atoms with van der Waals surface area (Å²) in [4.78, 5) is 14.8. The topological polar surface area (TPSA) is 46.3 Å². The van der Waals surface area contributed by atoms with Crippen LogP contribution >= 0.6 is 0 Å². The number of anilines is 1. The normalized spacial score (nSPS) is 11.2. The van der Waals surface area contributed by atoms with Crippen LogP contribution in [0.3, 0.4) is 0 Å². The number of nitrogens with zero attached hydrogens (tertiary/aromatic N) is 1. The van der Waals surface area contributed by atoms with Gasteiger partial charge in [0.25, 0.3) is 5.91 Å². The average molecular weight is 276 g/mol. The zero-order valence-corrected chi connectivity index (χ0v) is 13.4. The summed E-state index contributed by atoms with van der Waals surface area (Å²) < 4.78 is 0. The van der Waals surface area contributed by atoms with Gasteiger partial charge in [0.05, 0.1) is 5.56 Å². The highest BCUT2D eigenvalue weighted by Gasteiger charge is 2.24. The zero-order chi connectivity index (χ0) is 15.3. The smallest absolute Gasteiger partial charge is 0.256 e. The molecular weight excluding hydrogens is 248 g/mol. The largest absolute Gasteiger partial charge is 0.398 e. The van der Waals surface area contributed by atoms with E-state index in [4.69, 9.17) is 5.73 Å². The predicted molar refractivity (Wildman–Crippen MR) is 85.8 cm³/mol. The summed E-state index contributed by atoms with van der Waals surface area (Å²) in [5.74, 6) is 0.510.